The first-order chi connectivity index (χ1) is 8.95. The van der Waals surface area contributed by atoms with Gasteiger partial charge in [-0.05, 0) is 37.3 Å². The van der Waals surface area contributed by atoms with Gasteiger partial charge >= 0.3 is 6.18 Å². The molecular formula is C13H12F3N3. The maximum Gasteiger partial charge on any atom is 0.416 e. The van der Waals surface area contributed by atoms with Gasteiger partial charge in [-0.3, -0.25) is 0 Å². The smallest absolute Gasteiger partial charge is 0.379 e. The van der Waals surface area contributed by atoms with Crippen LogP contribution in [0.2, 0.25) is 0 Å². The quantitative estimate of drug-likeness (QED) is 0.926. The first kappa shape index (κ1) is 13.3. The highest BCUT2D eigenvalue weighted by Crippen LogP contribution is 2.29. The van der Waals surface area contributed by atoms with Crippen LogP contribution in [0.4, 0.5) is 18.9 Å². The van der Waals surface area contributed by atoms with Gasteiger partial charge in [-0.1, -0.05) is 0 Å². The van der Waals surface area contributed by atoms with Crippen molar-refractivity contribution in [2.24, 2.45) is 0 Å². The molecule has 0 bridgehead atoms. The molecule has 6 heteroatoms. The average molecular weight is 267 g/mol. The van der Waals surface area contributed by atoms with Gasteiger partial charge < -0.3 is 5.32 Å². The molecule has 0 fully saturated rings. The molecule has 0 saturated heterocycles. The van der Waals surface area contributed by atoms with Gasteiger partial charge in [0.1, 0.15) is 5.82 Å². The molecule has 0 atom stereocenters. The van der Waals surface area contributed by atoms with E-state index in [-0.39, 0.29) is 0 Å². The molecule has 2 aromatic rings. The molecule has 0 spiro atoms. The third-order valence-electron chi connectivity index (χ3n) is 2.52. The van der Waals surface area contributed by atoms with Crippen LogP contribution in [-0.2, 0) is 12.7 Å². The van der Waals surface area contributed by atoms with Crippen LogP contribution >= 0.6 is 0 Å². The van der Waals surface area contributed by atoms with Gasteiger partial charge in [0, 0.05) is 11.9 Å². The van der Waals surface area contributed by atoms with Gasteiger partial charge in [0.25, 0.3) is 0 Å². The highest BCUT2D eigenvalue weighted by molar-refractivity contribution is 5.45. The fourth-order valence-corrected chi connectivity index (χ4v) is 1.57. The van der Waals surface area contributed by atoms with E-state index in [1.807, 2.05) is 0 Å². The van der Waals surface area contributed by atoms with Gasteiger partial charge in [0.05, 0.1) is 17.8 Å². The Bertz CT molecular complexity index is 550. The first-order valence-corrected chi connectivity index (χ1v) is 5.65. The molecule has 0 radical (unpaired) electrons. The van der Waals surface area contributed by atoms with Crippen LogP contribution < -0.4 is 5.32 Å². The lowest BCUT2D eigenvalue weighted by molar-refractivity contribution is -0.137. The van der Waals surface area contributed by atoms with E-state index in [4.69, 9.17) is 0 Å². The van der Waals surface area contributed by atoms with Gasteiger partial charge in [-0.15, -0.1) is 0 Å². The lowest BCUT2D eigenvalue weighted by Gasteiger charge is -2.09. The topological polar surface area (TPSA) is 37.8 Å². The highest BCUT2D eigenvalue weighted by atomic mass is 19.4. The highest BCUT2D eigenvalue weighted by Gasteiger charge is 2.29. The summed E-state index contributed by atoms with van der Waals surface area (Å²) in [5.74, 6) is 0.659. The predicted molar refractivity (Wildman–Crippen MR) is 65.5 cm³/mol. The summed E-state index contributed by atoms with van der Waals surface area (Å²) in [4.78, 5) is 8.16. The number of nitrogens with one attached hydrogen (secondary N) is 1. The first-order valence-electron chi connectivity index (χ1n) is 5.65. The molecule has 0 saturated carbocycles. The van der Waals surface area contributed by atoms with Crippen LogP contribution in [0.1, 0.15) is 17.1 Å². The van der Waals surface area contributed by atoms with E-state index < -0.39 is 11.7 Å². The number of nitrogens with zero attached hydrogens (tertiary/aromatic N) is 2. The van der Waals surface area contributed by atoms with E-state index in [1.165, 1.54) is 12.1 Å². The maximum atomic E-state index is 12.4. The second-order valence-electron chi connectivity index (χ2n) is 4.02. The van der Waals surface area contributed by atoms with Crippen molar-refractivity contribution in [2.45, 2.75) is 19.6 Å². The number of hydrogen-bond donors (Lipinski definition) is 1. The van der Waals surface area contributed by atoms with E-state index in [9.17, 15) is 13.2 Å². The Hall–Kier alpha value is -2.11. The van der Waals surface area contributed by atoms with Crippen molar-refractivity contribution in [2.75, 3.05) is 5.32 Å². The minimum atomic E-state index is -4.30. The van der Waals surface area contributed by atoms with Crippen molar-refractivity contribution in [3.63, 3.8) is 0 Å². The van der Waals surface area contributed by atoms with Crippen LogP contribution in [0.15, 0.2) is 36.5 Å². The van der Waals surface area contributed by atoms with Crippen LogP contribution in [-0.4, -0.2) is 9.97 Å². The Balaban J connectivity index is 2.01. The lowest BCUT2D eigenvalue weighted by Crippen LogP contribution is -2.06. The predicted octanol–water partition coefficient (Wildman–Crippen LogP) is 3.42. The monoisotopic (exact) mass is 267 g/mol. The third-order valence-corrected chi connectivity index (χ3v) is 2.52. The van der Waals surface area contributed by atoms with Crippen molar-refractivity contribution in [3.8, 4) is 0 Å². The summed E-state index contributed by atoms with van der Waals surface area (Å²) in [6.07, 6.45) is -2.66. The van der Waals surface area contributed by atoms with Gasteiger partial charge in [-0.2, -0.15) is 13.2 Å². The zero-order chi connectivity index (χ0) is 13.9. The van der Waals surface area contributed by atoms with Crippen molar-refractivity contribution in [1.82, 2.24) is 9.97 Å². The minimum Gasteiger partial charge on any atom is -0.379 e. The molecule has 0 aliphatic carbocycles. The molecule has 1 N–H and O–H groups in total. The van der Waals surface area contributed by atoms with E-state index >= 15 is 0 Å². The summed E-state index contributed by atoms with van der Waals surface area (Å²) in [6, 6.07) is 6.65. The summed E-state index contributed by atoms with van der Waals surface area (Å²) in [5, 5.41) is 3.01. The summed E-state index contributed by atoms with van der Waals surface area (Å²) in [5.41, 5.74) is 0.743. The number of rotatable bonds is 3. The second kappa shape index (κ2) is 5.26. The average Bonchev–Trinajstić information content (AvgIpc) is 2.36. The number of benzene rings is 1. The number of hydrogen-bond acceptors (Lipinski definition) is 3. The van der Waals surface area contributed by atoms with Crippen molar-refractivity contribution >= 4 is 5.69 Å². The standard InChI is InChI=1S/C13H12F3N3/c1-9-17-7-6-12(19-9)8-18-11-4-2-10(3-5-11)13(14,15)16/h2-7,18H,8H2,1H3. The Labute approximate surface area is 108 Å². The third kappa shape index (κ3) is 3.67. The molecule has 100 valence electrons. The maximum absolute atomic E-state index is 12.4. The van der Waals surface area contributed by atoms with E-state index in [0.717, 1.165) is 17.8 Å². The van der Waals surface area contributed by atoms with E-state index in [1.54, 1.807) is 19.2 Å². The van der Waals surface area contributed by atoms with Crippen LogP contribution in [0.25, 0.3) is 0 Å². The number of aryl methyl sites for hydroxylation is 1. The summed E-state index contributed by atoms with van der Waals surface area (Å²) in [7, 11) is 0. The largest absolute Gasteiger partial charge is 0.416 e. The molecule has 2 rings (SSSR count). The molecular weight excluding hydrogens is 255 g/mol. The fraction of sp³-hybridized carbons (Fsp3) is 0.231. The second-order valence-corrected chi connectivity index (χ2v) is 4.02. The summed E-state index contributed by atoms with van der Waals surface area (Å²) in [6.45, 7) is 2.22. The molecule has 0 unspecified atom stereocenters. The molecule has 0 aliphatic rings. The number of anilines is 1. The Morgan fingerprint density at radius 2 is 1.79 bits per heavy atom. The van der Waals surface area contributed by atoms with Crippen LogP contribution in [0, 0.1) is 6.92 Å². The zero-order valence-electron chi connectivity index (χ0n) is 10.2. The Morgan fingerprint density at radius 3 is 2.37 bits per heavy atom. The summed E-state index contributed by atoms with van der Waals surface area (Å²) >= 11 is 0. The SMILES string of the molecule is Cc1nccc(CNc2ccc(C(F)(F)F)cc2)n1. The zero-order valence-corrected chi connectivity index (χ0v) is 10.2. The van der Waals surface area contributed by atoms with Gasteiger partial charge in [0.2, 0.25) is 0 Å². The van der Waals surface area contributed by atoms with Crippen LogP contribution in [0.3, 0.4) is 0 Å². The Kier molecular flexibility index (Phi) is 3.69. The van der Waals surface area contributed by atoms with Crippen LogP contribution in [0.5, 0.6) is 0 Å². The molecule has 1 heterocycles. The Morgan fingerprint density at radius 1 is 1.11 bits per heavy atom. The number of halogens is 3. The normalized spacial score (nSPS) is 11.4. The van der Waals surface area contributed by atoms with Crippen molar-refractivity contribution < 1.29 is 13.2 Å². The van der Waals surface area contributed by atoms with Crippen molar-refractivity contribution in [1.29, 1.82) is 0 Å². The molecule has 3 nitrogen and oxygen atoms in total. The van der Waals surface area contributed by atoms with Gasteiger partial charge in [0.15, 0.2) is 0 Å². The summed E-state index contributed by atoms with van der Waals surface area (Å²) < 4.78 is 37.1. The fourth-order valence-electron chi connectivity index (χ4n) is 1.57. The number of aromatic nitrogens is 2. The van der Waals surface area contributed by atoms with Crippen molar-refractivity contribution in [3.05, 3.63) is 53.6 Å². The molecule has 19 heavy (non-hydrogen) atoms. The molecule has 0 aliphatic heterocycles. The van der Waals surface area contributed by atoms with E-state index in [0.29, 0.717) is 18.1 Å². The molecule has 1 aromatic carbocycles. The van der Waals surface area contributed by atoms with Gasteiger partial charge in [-0.25, -0.2) is 9.97 Å². The van der Waals surface area contributed by atoms with E-state index in [2.05, 4.69) is 15.3 Å². The lowest BCUT2D eigenvalue weighted by atomic mass is 10.2. The molecule has 1 aromatic heterocycles. The molecule has 0 amide bonds. The minimum absolute atomic E-state index is 0.439. The number of alkyl halides is 3.